The van der Waals surface area contributed by atoms with E-state index in [9.17, 15) is 12.8 Å². The zero-order valence-electron chi connectivity index (χ0n) is 11.6. The van der Waals surface area contributed by atoms with Crippen LogP contribution in [0, 0.1) is 5.82 Å². The highest BCUT2D eigenvalue weighted by molar-refractivity contribution is 7.89. The lowest BCUT2D eigenvalue weighted by Crippen LogP contribution is -2.27. The Balaban J connectivity index is 2.00. The molecule has 2 rings (SSSR count). The first-order chi connectivity index (χ1) is 10.0. The molecule has 0 spiro atoms. The van der Waals surface area contributed by atoms with Crippen molar-refractivity contribution in [1.82, 2.24) is 20.2 Å². The molecule has 0 bridgehead atoms. The van der Waals surface area contributed by atoms with E-state index in [0.29, 0.717) is 18.5 Å². The van der Waals surface area contributed by atoms with Gasteiger partial charge in [0.05, 0.1) is 6.20 Å². The maximum absolute atomic E-state index is 13.0. The standard InChI is InChI=1S/C13H17FN4O2S/c1-15-8-11-9-16-18-13(11)21(19,20)17-6-5-10-3-2-4-12(14)7-10/h2-4,7,9,15,17H,5-6,8H2,1H3,(H,16,18). The van der Waals surface area contributed by atoms with Crippen LogP contribution in [0.25, 0.3) is 0 Å². The van der Waals surface area contributed by atoms with E-state index >= 15 is 0 Å². The van der Waals surface area contributed by atoms with Crippen molar-refractivity contribution in [3.63, 3.8) is 0 Å². The number of sulfonamides is 1. The van der Waals surface area contributed by atoms with Crippen molar-refractivity contribution in [1.29, 1.82) is 0 Å². The molecular weight excluding hydrogens is 295 g/mol. The number of rotatable bonds is 7. The minimum atomic E-state index is -3.65. The van der Waals surface area contributed by atoms with Crippen LogP contribution in [0.15, 0.2) is 35.5 Å². The van der Waals surface area contributed by atoms with Gasteiger partial charge in [-0.1, -0.05) is 12.1 Å². The Morgan fingerprint density at radius 1 is 1.38 bits per heavy atom. The Morgan fingerprint density at radius 2 is 2.19 bits per heavy atom. The fourth-order valence-electron chi connectivity index (χ4n) is 1.94. The molecule has 0 saturated carbocycles. The highest BCUT2D eigenvalue weighted by Gasteiger charge is 2.19. The molecule has 1 aromatic carbocycles. The molecule has 1 aromatic heterocycles. The number of hydrogen-bond donors (Lipinski definition) is 3. The number of hydrogen-bond acceptors (Lipinski definition) is 4. The maximum Gasteiger partial charge on any atom is 0.257 e. The minimum Gasteiger partial charge on any atom is -0.316 e. The first kappa shape index (κ1) is 15.6. The van der Waals surface area contributed by atoms with Crippen LogP contribution in [-0.4, -0.2) is 32.2 Å². The average Bonchev–Trinajstić information content (AvgIpc) is 2.88. The normalized spacial score (nSPS) is 11.7. The summed E-state index contributed by atoms with van der Waals surface area (Å²) >= 11 is 0. The molecule has 0 atom stereocenters. The number of nitrogens with one attached hydrogen (secondary N) is 3. The molecule has 0 aliphatic rings. The lowest BCUT2D eigenvalue weighted by molar-refractivity contribution is 0.575. The summed E-state index contributed by atoms with van der Waals surface area (Å²) in [6, 6.07) is 6.08. The number of aromatic amines is 1. The Hall–Kier alpha value is -1.77. The quantitative estimate of drug-likeness (QED) is 0.705. The molecule has 114 valence electrons. The highest BCUT2D eigenvalue weighted by atomic mass is 32.2. The molecule has 0 aliphatic carbocycles. The van der Waals surface area contributed by atoms with Gasteiger partial charge in [0, 0.05) is 18.7 Å². The summed E-state index contributed by atoms with van der Waals surface area (Å²) in [5.74, 6) is -0.333. The Labute approximate surface area is 122 Å². The van der Waals surface area contributed by atoms with Gasteiger partial charge < -0.3 is 5.32 Å². The van der Waals surface area contributed by atoms with Crippen molar-refractivity contribution in [2.75, 3.05) is 13.6 Å². The Bertz CT molecular complexity index is 700. The van der Waals surface area contributed by atoms with E-state index in [1.54, 1.807) is 19.2 Å². The van der Waals surface area contributed by atoms with Crippen LogP contribution in [0.1, 0.15) is 11.1 Å². The lowest BCUT2D eigenvalue weighted by Gasteiger charge is -2.07. The number of nitrogens with zero attached hydrogens (tertiary/aromatic N) is 1. The third kappa shape index (κ3) is 4.10. The molecule has 1 heterocycles. The van der Waals surface area contributed by atoms with E-state index in [1.165, 1.54) is 18.3 Å². The molecule has 2 aromatic rings. The Morgan fingerprint density at radius 3 is 2.90 bits per heavy atom. The molecule has 6 nitrogen and oxygen atoms in total. The second kappa shape index (κ2) is 6.79. The molecule has 21 heavy (non-hydrogen) atoms. The molecule has 0 aliphatic heterocycles. The van der Waals surface area contributed by atoms with E-state index in [-0.39, 0.29) is 17.4 Å². The van der Waals surface area contributed by atoms with E-state index in [4.69, 9.17) is 0 Å². The molecule has 0 fully saturated rings. The molecule has 0 radical (unpaired) electrons. The van der Waals surface area contributed by atoms with Crippen LogP contribution in [-0.2, 0) is 23.0 Å². The van der Waals surface area contributed by atoms with E-state index in [2.05, 4.69) is 20.2 Å². The van der Waals surface area contributed by atoms with Crippen LogP contribution in [0.2, 0.25) is 0 Å². The second-order valence-corrected chi connectivity index (χ2v) is 6.24. The van der Waals surface area contributed by atoms with Crippen LogP contribution in [0.3, 0.4) is 0 Å². The van der Waals surface area contributed by atoms with Gasteiger partial charge in [0.2, 0.25) is 0 Å². The van der Waals surface area contributed by atoms with E-state index in [1.807, 2.05) is 0 Å². The average molecular weight is 312 g/mol. The zero-order chi connectivity index (χ0) is 15.3. The van der Waals surface area contributed by atoms with Gasteiger partial charge in [0.1, 0.15) is 5.82 Å². The maximum atomic E-state index is 13.0. The van der Waals surface area contributed by atoms with Gasteiger partial charge in [0.25, 0.3) is 10.0 Å². The Kier molecular flexibility index (Phi) is 5.05. The van der Waals surface area contributed by atoms with Crippen LogP contribution >= 0.6 is 0 Å². The number of halogens is 1. The van der Waals surface area contributed by atoms with Crippen molar-refractivity contribution in [2.45, 2.75) is 18.0 Å². The molecule has 8 heteroatoms. The molecule has 3 N–H and O–H groups in total. The van der Waals surface area contributed by atoms with Crippen molar-refractivity contribution in [3.8, 4) is 0 Å². The predicted molar refractivity (Wildman–Crippen MR) is 76.6 cm³/mol. The predicted octanol–water partition coefficient (Wildman–Crippen LogP) is 0.789. The van der Waals surface area contributed by atoms with Gasteiger partial charge >= 0.3 is 0 Å². The van der Waals surface area contributed by atoms with Crippen molar-refractivity contribution in [3.05, 3.63) is 47.4 Å². The van der Waals surface area contributed by atoms with Crippen molar-refractivity contribution in [2.24, 2.45) is 0 Å². The van der Waals surface area contributed by atoms with Crippen LogP contribution < -0.4 is 10.0 Å². The molecular formula is C13H17FN4O2S. The third-order valence-electron chi connectivity index (χ3n) is 2.91. The first-order valence-corrected chi connectivity index (χ1v) is 7.92. The number of benzene rings is 1. The summed E-state index contributed by atoms with van der Waals surface area (Å²) in [5.41, 5.74) is 1.30. The summed E-state index contributed by atoms with van der Waals surface area (Å²) in [6.07, 6.45) is 1.88. The van der Waals surface area contributed by atoms with Crippen LogP contribution in [0.5, 0.6) is 0 Å². The summed E-state index contributed by atoms with van der Waals surface area (Å²) in [7, 11) is -1.93. The lowest BCUT2D eigenvalue weighted by atomic mass is 10.1. The topological polar surface area (TPSA) is 86.9 Å². The second-order valence-electron chi connectivity index (χ2n) is 4.53. The van der Waals surface area contributed by atoms with Gasteiger partial charge in [0.15, 0.2) is 5.03 Å². The van der Waals surface area contributed by atoms with Gasteiger partial charge in [-0.2, -0.15) is 5.10 Å². The number of H-pyrrole nitrogens is 1. The van der Waals surface area contributed by atoms with E-state index in [0.717, 1.165) is 5.56 Å². The van der Waals surface area contributed by atoms with Crippen molar-refractivity contribution < 1.29 is 12.8 Å². The number of aromatic nitrogens is 2. The fourth-order valence-corrected chi connectivity index (χ4v) is 3.10. The van der Waals surface area contributed by atoms with Gasteiger partial charge in [-0.05, 0) is 31.2 Å². The largest absolute Gasteiger partial charge is 0.316 e. The summed E-state index contributed by atoms with van der Waals surface area (Å²) in [6.45, 7) is 0.584. The minimum absolute atomic E-state index is 0.0519. The molecule has 0 saturated heterocycles. The third-order valence-corrected chi connectivity index (χ3v) is 4.38. The van der Waals surface area contributed by atoms with Crippen molar-refractivity contribution >= 4 is 10.0 Å². The van der Waals surface area contributed by atoms with Gasteiger partial charge in [-0.15, -0.1) is 0 Å². The highest BCUT2D eigenvalue weighted by Crippen LogP contribution is 2.11. The summed E-state index contributed by atoms with van der Waals surface area (Å²) < 4.78 is 39.8. The zero-order valence-corrected chi connectivity index (χ0v) is 12.4. The molecule has 0 unspecified atom stereocenters. The van der Waals surface area contributed by atoms with Crippen LogP contribution in [0.4, 0.5) is 4.39 Å². The SMILES string of the molecule is CNCc1cn[nH]c1S(=O)(=O)NCCc1cccc(F)c1. The van der Waals surface area contributed by atoms with Gasteiger partial charge in [-0.25, -0.2) is 17.5 Å². The smallest absolute Gasteiger partial charge is 0.257 e. The first-order valence-electron chi connectivity index (χ1n) is 6.44. The summed E-state index contributed by atoms with van der Waals surface area (Å²) in [5, 5.41) is 9.17. The van der Waals surface area contributed by atoms with Gasteiger partial charge in [-0.3, -0.25) is 5.10 Å². The summed E-state index contributed by atoms with van der Waals surface area (Å²) in [4.78, 5) is 0. The fraction of sp³-hybridized carbons (Fsp3) is 0.308. The van der Waals surface area contributed by atoms with E-state index < -0.39 is 10.0 Å². The molecule has 0 amide bonds. The monoisotopic (exact) mass is 312 g/mol.